The molecule has 0 aliphatic carbocycles. The number of benzene rings is 3. The molecule has 0 radical (unpaired) electrons. The summed E-state index contributed by atoms with van der Waals surface area (Å²) in [6.07, 6.45) is 3.57. The highest BCUT2D eigenvalue weighted by atomic mass is 16.5. The standard InChI is InChI=1S/C33H38N4O4/c1-4-22(2)28-32(39)35-20-19-23-15-17-26(18-16-23)41-30(25-13-9-6-10-14-25)29(33(40)36-28)37-31(38)27(34-3)21-24-11-7-5-8-12-24/h5-20,22,27-30,34H,4,21H2,1-3H3,(H,35,39)(H,36,40)(H,37,38)/t22-,27-,28-,29-,30?/m0/s1. The Hall–Kier alpha value is -4.43. The lowest BCUT2D eigenvalue weighted by Gasteiger charge is -2.32. The average molecular weight is 555 g/mol. The van der Waals surface area contributed by atoms with Crippen molar-refractivity contribution in [1.82, 2.24) is 21.3 Å². The van der Waals surface area contributed by atoms with Crippen LogP contribution in [0.1, 0.15) is 43.1 Å². The monoisotopic (exact) mass is 554 g/mol. The number of hydrogen-bond acceptors (Lipinski definition) is 5. The summed E-state index contributed by atoms with van der Waals surface area (Å²) in [4.78, 5) is 41.0. The van der Waals surface area contributed by atoms with Crippen LogP contribution in [0.4, 0.5) is 0 Å². The van der Waals surface area contributed by atoms with Crippen molar-refractivity contribution in [3.8, 4) is 5.75 Å². The largest absolute Gasteiger partial charge is 0.483 e. The summed E-state index contributed by atoms with van der Waals surface area (Å²) >= 11 is 0. The SMILES string of the molecule is CC[C@H](C)[C@@H]1NC(=O)[C@@H](NC(=O)[C@H](Cc2ccccc2)NC)C(c2ccccc2)Oc2ccc(cc2)C=CNC1=O. The van der Waals surface area contributed by atoms with Gasteiger partial charge < -0.3 is 26.0 Å². The summed E-state index contributed by atoms with van der Waals surface area (Å²) in [5.41, 5.74) is 2.56. The molecule has 1 unspecified atom stereocenters. The molecule has 5 rings (SSSR count). The fourth-order valence-corrected chi connectivity index (χ4v) is 4.74. The van der Waals surface area contributed by atoms with Gasteiger partial charge in [-0.25, -0.2) is 0 Å². The Morgan fingerprint density at radius 2 is 1.59 bits per heavy atom. The molecule has 0 saturated carbocycles. The van der Waals surface area contributed by atoms with Gasteiger partial charge in [0.25, 0.3) is 0 Å². The first-order valence-corrected chi connectivity index (χ1v) is 14.0. The number of ether oxygens (including phenoxy) is 1. The van der Waals surface area contributed by atoms with Gasteiger partial charge in [-0.15, -0.1) is 0 Å². The van der Waals surface area contributed by atoms with E-state index in [2.05, 4.69) is 21.3 Å². The van der Waals surface area contributed by atoms with Crippen LogP contribution in [0.25, 0.3) is 6.08 Å². The number of carbonyl (C=O) groups is 3. The molecule has 2 heterocycles. The number of carbonyl (C=O) groups excluding carboxylic acids is 3. The van der Waals surface area contributed by atoms with Gasteiger partial charge in [-0.1, -0.05) is 93.1 Å². The molecule has 41 heavy (non-hydrogen) atoms. The maximum Gasteiger partial charge on any atom is 0.247 e. The lowest BCUT2D eigenvalue weighted by Crippen LogP contribution is -2.59. The highest BCUT2D eigenvalue weighted by Crippen LogP contribution is 2.27. The molecule has 4 N–H and O–H groups in total. The zero-order valence-corrected chi connectivity index (χ0v) is 23.7. The summed E-state index contributed by atoms with van der Waals surface area (Å²) in [6, 6.07) is 23.7. The quantitative estimate of drug-likeness (QED) is 0.339. The third-order valence-electron chi connectivity index (χ3n) is 7.40. The molecule has 3 aromatic rings. The highest BCUT2D eigenvalue weighted by molar-refractivity contribution is 5.94. The van der Waals surface area contributed by atoms with Crippen LogP contribution < -0.4 is 26.0 Å². The fraction of sp³-hybridized carbons (Fsp3) is 0.303. The van der Waals surface area contributed by atoms with Gasteiger partial charge in [-0.3, -0.25) is 14.4 Å². The molecule has 5 atom stereocenters. The van der Waals surface area contributed by atoms with E-state index in [1.54, 1.807) is 31.5 Å². The van der Waals surface area contributed by atoms with Crippen LogP contribution in [-0.4, -0.2) is 42.9 Å². The summed E-state index contributed by atoms with van der Waals surface area (Å²) < 4.78 is 6.44. The number of nitrogens with one attached hydrogen (secondary N) is 4. The molecule has 2 bridgehead atoms. The van der Waals surface area contributed by atoms with Crippen LogP contribution in [0.3, 0.4) is 0 Å². The first kappa shape index (κ1) is 29.6. The van der Waals surface area contributed by atoms with Crippen molar-refractivity contribution in [3.05, 3.63) is 108 Å². The summed E-state index contributed by atoms with van der Waals surface area (Å²) in [5.74, 6) is -0.826. The normalized spacial score (nSPS) is 20.6. The van der Waals surface area contributed by atoms with Crippen molar-refractivity contribution in [3.63, 3.8) is 0 Å². The van der Waals surface area contributed by atoms with Crippen molar-refractivity contribution < 1.29 is 19.1 Å². The van der Waals surface area contributed by atoms with E-state index < -0.39 is 30.1 Å². The highest BCUT2D eigenvalue weighted by Gasteiger charge is 2.37. The minimum atomic E-state index is -1.14. The Morgan fingerprint density at radius 3 is 2.22 bits per heavy atom. The molecule has 3 amide bonds. The zero-order valence-electron chi connectivity index (χ0n) is 23.7. The Labute approximate surface area is 241 Å². The summed E-state index contributed by atoms with van der Waals surface area (Å²) in [7, 11) is 1.71. The third kappa shape index (κ3) is 7.83. The van der Waals surface area contributed by atoms with E-state index in [9.17, 15) is 14.4 Å². The van der Waals surface area contributed by atoms with Gasteiger partial charge in [0, 0.05) is 6.20 Å². The van der Waals surface area contributed by atoms with Crippen molar-refractivity contribution in [2.45, 2.75) is 50.9 Å². The van der Waals surface area contributed by atoms with Gasteiger partial charge in [0.05, 0.1) is 6.04 Å². The minimum Gasteiger partial charge on any atom is -0.483 e. The Morgan fingerprint density at radius 1 is 0.927 bits per heavy atom. The van der Waals surface area contributed by atoms with Crippen molar-refractivity contribution in [1.29, 1.82) is 0 Å². The van der Waals surface area contributed by atoms with Crippen LogP contribution in [-0.2, 0) is 20.8 Å². The van der Waals surface area contributed by atoms with Crippen molar-refractivity contribution in [2.24, 2.45) is 5.92 Å². The van der Waals surface area contributed by atoms with Gasteiger partial charge in [-0.05, 0) is 54.3 Å². The molecule has 2 aliphatic heterocycles. The smallest absolute Gasteiger partial charge is 0.247 e. The predicted octanol–water partition coefficient (Wildman–Crippen LogP) is 3.75. The number of hydrogen-bond donors (Lipinski definition) is 4. The van der Waals surface area contributed by atoms with Gasteiger partial charge in [0.2, 0.25) is 17.7 Å². The van der Waals surface area contributed by atoms with Crippen LogP contribution >= 0.6 is 0 Å². The van der Waals surface area contributed by atoms with Gasteiger partial charge in [0.1, 0.15) is 17.8 Å². The summed E-state index contributed by atoms with van der Waals surface area (Å²) in [6.45, 7) is 3.87. The van der Waals surface area contributed by atoms with Crippen LogP contribution in [0.15, 0.2) is 91.1 Å². The van der Waals surface area contributed by atoms with E-state index in [0.29, 0.717) is 24.2 Å². The molecule has 0 fully saturated rings. The van der Waals surface area contributed by atoms with Crippen molar-refractivity contribution in [2.75, 3.05) is 7.05 Å². The minimum absolute atomic E-state index is 0.158. The number of rotatable bonds is 8. The van der Waals surface area contributed by atoms with E-state index >= 15 is 0 Å². The molecule has 0 saturated heterocycles. The Kier molecular flexibility index (Phi) is 10.3. The Balaban J connectivity index is 1.75. The van der Waals surface area contributed by atoms with E-state index in [-0.39, 0.29) is 17.7 Å². The third-order valence-corrected chi connectivity index (χ3v) is 7.40. The fourth-order valence-electron chi connectivity index (χ4n) is 4.74. The second-order valence-electron chi connectivity index (χ2n) is 10.2. The van der Waals surface area contributed by atoms with Gasteiger partial charge in [-0.2, -0.15) is 0 Å². The van der Waals surface area contributed by atoms with E-state index in [0.717, 1.165) is 11.1 Å². The maximum absolute atomic E-state index is 14.1. The number of fused-ring (bicyclic) bond motifs is 10. The number of likely N-dealkylation sites (N-methyl/N-ethyl adjacent to an activating group) is 1. The lowest BCUT2D eigenvalue weighted by molar-refractivity contribution is -0.135. The number of amides is 3. The van der Waals surface area contributed by atoms with E-state index in [4.69, 9.17) is 4.74 Å². The predicted molar refractivity (Wildman–Crippen MR) is 160 cm³/mol. The molecular formula is C33H38N4O4. The van der Waals surface area contributed by atoms with Crippen LogP contribution in [0, 0.1) is 5.92 Å². The first-order valence-electron chi connectivity index (χ1n) is 14.0. The van der Waals surface area contributed by atoms with Gasteiger partial charge in [0.15, 0.2) is 6.10 Å². The summed E-state index contributed by atoms with van der Waals surface area (Å²) in [5, 5.41) is 11.8. The van der Waals surface area contributed by atoms with Crippen LogP contribution in [0.5, 0.6) is 5.75 Å². The lowest BCUT2D eigenvalue weighted by atomic mass is 9.95. The van der Waals surface area contributed by atoms with Crippen molar-refractivity contribution >= 4 is 23.8 Å². The Bertz CT molecular complexity index is 1330. The average Bonchev–Trinajstić information content (AvgIpc) is 3.01. The molecule has 8 heteroatoms. The maximum atomic E-state index is 14.1. The topological polar surface area (TPSA) is 109 Å². The molecule has 8 nitrogen and oxygen atoms in total. The molecule has 214 valence electrons. The molecule has 0 aromatic heterocycles. The molecular weight excluding hydrogens is 516 g/mol. The van der Waals surface area contributed by atoms with Gasteiger partial charge >= 0.3 is 0 Å². The van der Waals surface area contributed by atoms with Crippen LogP contribution in [0.2, 0.25) is 0 Å². The van der Waals surface area contributed by atoms with E-state index in [1.165, 1.54) is 0 Å². The first-order chi connectivity index (χ1) is 19.9. The van der Waals surface area contributed by atoms with E-state index in [1.807, 2.05) is 86.6 Å². The second kappa shape index (κ2) is 14.3. The molecule has 0 spiro atoms. The second-order valence-corrected chi connectivity index (χ2v) is 10.2. The molecule has 3 aromatic carbocycles. The molecule has 2 aliphatic rings. The zero-order chi connectivity index (χ0) is 29.2.